The highest BCUT2D eigenvalue weighted by atomic mass is 35.5. The molecule has 26 heavy (non-hydrogen) atoms. The number of amides is 2. The Kier molecular flexibility index (Phi) is 9.41. The third kappa shape index (κ3) is 6.86. The van der Waals surface area contributed by atoms with Crippen molar-refractivity contribution in [3.8, 4) is 0 Å². The summed E-state index contributed by atoms with van der Waals surface area (Å²) in [6.07, 6.45) is 2.29. The zero-order valence-corrected chi connectivity index (χ0v) is 15.7. The smallest absolute Gasteiger partial charge is 0.251 e. The normalized spacial score (nSPS) is 11.2. The molecule has 0 aliphatic carbocycles. The fourth-order valence-electron chi connectivity index (χ4n) is 2.45. The third-order valence-electron chi connectivity index (χ3n) is 3.89. The first-order valence-corrected chi connectivity index (χ1v) is 8.58. The van der Waals surface area contributed by atoms with Crippen molar-refractivity contribution in [3.05, 3.63) is 65.7 Å². The van der Waals surface area contributed by atoms with Crippen LogP contribution in [-0.2, 0) is 11.2 Å². The van der Waals surface area contributed by atoms with E-state index in [1.165, 1.54) is 5.56 Å². The van der Waals surface area contributed by atoms with Crippen LogP contribution in [0.5, 0.6) is 0 Å². The van der Waals surface area contributed by atoms with Gasteiger partial charge in [0.15, 0.2) is 0 Å². The second-order valence-electron chi connectivity index (χ2n) is 5.95. The standard InChI is InChI=1S/C20H25N3O2.ClH/c1-2-6-18(21)20(25)23-17-11-9-16(10-12-17)19(24)22-14-13-15-7-4-3-5-8-15;/h3-5,7-12,18H,2,6,13-14,21H2,1H3,(H,22,24)(H,23,25);1H. The van der Waals surface area contributed by atoms with Gasteiger partial charge in [-0.3, -0.25) is 9.59 Å². The number of nitrogens with one attached hydrogen (secondary N) is 2. The molecule has 4 N–H and O–H groups in total. The third-order valence-corrected chi connectivity index (χ3v) is 3.89. The number of anilines is 1. The molecule has 0 aromatic heterocycles. The lowest BCUT2D eigenvalue weighted by molar-refractivity contribution is -0.117. The largest absolute Gasteiger partial charge is 0.352 e. The Morgan fingerprint density at radius 1 is 1.04 bits per heavy atom. The van der Waals surface area contributed by atoms with Crippen molar-refractivity contribution in [1.82, 2.24) is 5.32 Å². The molecule has 1 atom stereocenters. The van der Waals surface area contributed by atoms with Crippen molar-refractivity contribution in [2.45, 2.75) is 32.2 Å². The Labute approximate surface area is 160 Å². The molecule has 0 saturated heterocycles. The number of rotatable bonds is 8. The van der Waals surface area contributed by atoms with Crippen LogP contribution < -0.4 is 16.4 Å². The van der Waals surface area contributed by atoms with Crippen molar-refractivity contribution in [3.63, 3.8) is 0 Å². The summed E-state index contributed by atoms with van der Waals surface area (Å²) in [6, 6.07) is 16.3. The van der Waals surface area contributed by atoms with Gasteiger partial charge in [0.1, 0.15) is 0 Å². The number of benzene rings is 2. The molecule has 2 amide bonds. The highest BCUT2D eigenvalue weighted by Gasteiger charge is 2.12. The van der Waals surface area contributed by atoms with E-state index in [9.17, 15) is 9.59 Å². The van der Waals surface area contributed by atoms with Crippen LogP contribution in [0.2, 0.25) is 0 Å². The van der Waals surface area contributed by atoms with Crippen LogP contribution in [0.3, 0.4) is 0 Å². The number of carbonyl (C=O) groups is 2. The highest BCUT2D eigenvalue weighted by Crippen LogP contribution is 2.10. The Morgan fingerprint density at radius 2 is 1.69 bits per heavy atom. The monoisotopic (exact) mass is 375 g/mol. The van der Waals surface area contributed by atoms with Crippen molar-refractivity contribution >= 4 is 29.9 Å². The Balaban J connectivity index is 0.00000338. The summed E-state index contributed by atoms with van der Waals surface area (Å²) in [5.41, 5.74) is 8.16. The predicted molar refractivity (Wildman–Crippen MR) is 108 cm³/mol. The molecule has 5 nitrogen and oxygen atoms in total. The zero-order chi connectivity index (χ0) is 18.1. The molecular weight excluding hydrogens is 350 g/mol. The zero-order valence-electron chi connectivity index (χ0n) is 14.9. The molecule has 0 spiro atoms. The number of hydrogen-bond donors (Lipinski definition) is 3. The number of halogens is 1. The second-order valence-corrected chi connectivity index (χ2v) is 5.95. The van der Waals surface area contributed by atoms with Gasteiger partial charge in [-0.25, -0.2) is 0 Å². The molecular formula is C20H26ClN3O2. The average Bonchev–Trinajstić information content (AvgIpc) is 2.63. The van der Waals surface area contributed by atoms with Crippen LogP contribution in [0.25, 0.3) is 0 Å². The van der Waals surface area contributed by atoms with Gasteiger partial charge in [-0.2, -0.15) is 0 Å². The molecule has 0 radical (unpaired) electrons. The molecule has 0 fully saturated rings. The summed E-state index contributed by atoms with van der Waals surface area (Å²) in [7, 11) is 0. The molecule has 2 rings (SSSR count). The first kappa shape index (κ1) is 21.7. The molecule has 0 bridgehead atoms. The summed E-state index contributed by atoms with van der Waals surface area (Å²) in [6.45, 7) is 2.56. The van der Waals surface area contributed by atoms with Gasteiger partial charge in [-0.15, -0.1) is 12.4 Å². The first-order valence-electron chi connectivity index (χ1n) is 8.58. The van der Waals surface area contributed by atoms with Crippen molar-refractivity contribution in [1.29, 1.82) is 0 Å². The van der Waals surface area contributed by atoms with Gasteiger partial charge in [0.05, 0.1) is 6.04 Å². The summed E-state index contributed by atoms with van der Waals surface area (Å²) in [5, 5.41) is 5.66. The van der Waals surface area contributed by atoms with E-state index in [1.807, 2.05) is 37.3 Å². The topological polar surface area (TPSA) is 84.2 Å². The van der Waals surface area contributed by atoms with Crippen LogP contribution in [0.15, 0.2) is 54.6 Å². The predicted octanol–water partition coefficient (Wildman–Crippen LogP) is 3.15. The molecule has 2 aromatic rings. The molecule has 0 aliphatic heterocycles. The fraction of sp³-hybridized carbons (Fsp3) is 0.300. The molecule has 1 unspecified atom stereocenters. The van der Waals surface area contributed by atoms with Gasteiger partial charge >= 0.3 is 0 Å². The molecule has 0 saturated carbocycles. The van der Waals surface area contributed by atoms with E-state index >= 15 is 0 Å². The maximum atomic E-state index is 12.1. The highest BCUT2D eigenvalue weighted by molar-refractivity contribution is 5.97. The molecule has 0 aliphatic rings. The summed E-state index contributed by atoms with van der Waals surface area (Å²) >= 11 is 0. The van der Waals surface area contributed by atoms with E-state index in [-0.39, 0.29) is 24.2 Å². The van der Waals surface area contributed by atoms with Crippen LogP contribution in [-0.4, -0.2) is 24.4 Å². The summed E-state index contributed by atoms with van der Waals surface area (Å²) in [5.74, 6) is -0.335. The lowest BCUT2D eigenvalue weighted by Crippen LogP contribution is -2.35. The van der Waals surface area contributed by atoms with Crippen LogP contribution >= 0.6 is 12.4 Å². The first-order chi connectivity index (χ1) is 12.1. The fourth-order valence-corrected chi connectivity index (χ4v) is 2.45. The van der Waals surface area contributed by atoms with Crippen LogP contribution in [0.4, 0.5) is 5.69 Å². The van der Waals surface area contributed by atoms with Gasteiger partial charge in [-0.05, 0) is 42.7 Å². The van der Waals surface area contributed by atoms with Gasteiger partial charge in [-0.1, -0.05) is 43.7 Å². The van der Waals surface area contributed by atoms with E-state index in [1.54, 1.807) is 24.3 Å². The molecule has 140 valence electrons. The minimum absolute atomic E-state index is 0. The second kappa shape index (κ2) is 11.3. The van der Waals surface area contributed by atoms with Crippen molar-refractivity contribution < 1.29 is 9.59 Å². The maximum absolute atomic E-state index is 12.1. The maximum Gasteiger partial charge on any atom is 0.251 e. The van der Waals surface area contributed by atoms with Gasteiger partial charge in [0.2, 0.25) is 5.91 Å². The molecule has 2 aromatic carbocycles. The van der Waals surface area contributed by atoms with Gasteiger partial charge < -0.3 is 16.4 Å². The van der Waals surface area contributed by atoms with Crippen LogP contribution in [0, 0.1) is 0 Å². The van der Waals surface area contributed by atoms with E-state index in [2.05, 4.69) is 10.6 Å². The SMILES string of the molecule is CCCC(N)C(=O)Nc1ccc(C(=O)NCCc2ccccc2)cc1.Cl. The Hall–Kier alpha value is -2.37. The quantitative estimate of drug-likeness (QED) is 0.662. The van der Waals surface area contributed by atoms with Gasteiger partial charge in [0.25, 0.3) is 5.91 Å². The average molecular weight is 376 g/mol. The minimum atomic E-state index is -0.508. The summed E-state index contributed by atoms with van der Waals surface area (Å²) in [4.78, 5) is 24.0. The molecule has 0 heterocycles. The van der Waals surface area contributed by atoms with E-state index in [0.29, 0.717) is 24.2 Å². The number of hydrogen-bond acceptors (Lipinski definition) is 3. The van der Waals surface area contributed by atoms with E-state index < -0.39 is 6.04 Å². The number of nitrogens with two attached hydrogens (primary N) is 1. The minimum Gasteiger partial charge on any atom is -0.352 e. The Morgan fingerprint density at radius 3 is 2.31 bits per heavy atom. The van der Waals surface area contributed by atoms with Gasteiger partial charge in [0, 0.05) is 17.8 Å². The van der Waals surface area contributed by atoms with Crippen molar-refractivity contribution in [2.24, 2.45) is 5.73 Å². The van der Waals surface area contributed by atoms with E-state index in [4.69, 9.17) is 5.73 Å². The number of carbonyl (C=O) groups excluding carboxylic acids is 2. The summed E-state index contributed by atoms with van der Waals surface area (Å²) < 4.78 is 0. The van der Waals surface area contributed by atoms with Crippen molar-refractivity contribution in [2.75, 3.05) is 11.9 Å². The van der Waals surface area contributed by atoms with Crippen LogP contribution in [0.1, 0.15) is 35.7 Å². The Bertz CT molecular complexity index is 690. The molecule has 6 heteroatoms. The lowest BCUT2D eigenvalue weighted by Gasteiger charge is -2.11. The lowest BCUT2D eigenvalue weighted by atomic mass is 10.1. The van der Waals surface area contributed by atoms with E-state index in [0.717, 1.165) is 12.8 Å².